The molecule has 0 N–H and O–H groups in total. The summed E-state index contributed by atoms with van der Waals surface area (Å²) in [6.45, 7) is 12.8. The van der Waals surface area contributed by atoms with E-state index in [9.17, 15) is 0 Å². The van der Waals surface area contributed by atoms with Crippen LogP contribution in [0.1, 0.15) is 54.8 Å². The molecule has 2 aromatic rings. The predicted octanol–water partition coefficient (Wildman–Crippen LogP) is 6.09. The number of hydrogen-bond donors (Lipinski definition) is 0. The monoisotopic (exact) mass is 355 g/mol. The van der Waals surface area contributed by atoms with Crippen molar-refractivity contribution >= 4 is 28.7 Å². The van der Waals surface area contributed by atoms with Crippen molar-refractivity contribution in [1.82, 2.24) is 9.97 Å². The first kappa shape index (κ1) is 17.9. The Morgan fingerprint density at radius 3 is 2.32 bits per heavy atom. The molecular formula is C21H26ClN3. The summed E-state index contributed by atoms with van der Waals surface area (Å²) in [6.07, 6.45) is 4.38. The Kier molecular flexibility index (Phi) is 4.88. The molecule has 4 heteroatoms. The number of aromatic nitrogens is 2. The van der Waals surface area contributed by atoms with Crippen LogP contribution in [-0.4, -0.2) is 16.0 Å². The molecule has 0 radical (unpaired) electrons. The molecule has 25 heavy (non-hydrogen) atoms. The smallest absolute Gasteiger partial charge is 0.146 e. The van der Waals surface area contributed by atoms with Crippen LogP contribution in [0.25, 0.3) is 5.57 Å². The minimum absolute atomic E-state index is 0.222. The lowest BCUT2D eigenvalue weighted by atomic mass is 9.94. The van der Waals surface area contributed by atoms with Crippen LogP contribution in [0.2, 0.25) is 5.15 Å². The molecule has 1 aromatic carbocycles. The van der Waals surface area contributed by atoms with Crippen LogP contribution in [0.5, 0.6) is 0 Å². The summed E-state index contributed by atoms with van der Waals surface area (Å²) < 4.78 is 0. The SMILES string of the molecule is CCCC1=CC(C)N(c2c(C)cc(C)cc2C)c2nc(C)nc(Cl)c21. The maximum atomic E-state index is 6.56. The van der Waals surface area contributed by atoms with Crippen LogP contribution in [-0.2, 0) is 0 Å². The number of rotatable bonds is 3. The van der Waals surface area contributed by atoms with E-state index >= 15 is 0 Å². The standard InChI is InChI=1S/C21H26ClN3/c1-7-8-17-11-15(5)25(19-13(3)9-12(2)10-14(19)4)21-18(17)20(22)23-16(6)24-21/h9-11,15H,7-8H2,1-6H3. The maximum Gasteiger partial charge on any atom is 0.146 e. The Morgan fingerprint density at radius 1 is 1.08 bits per heavy atom. The summed E-state index contributed by atoms with van der Waals surface area (Å²) in [5.41, 5.74) is 7.27. The number of hydrogen-bond acceptors (Lipinski definition) is 3. The third kappa shape index (κ3) is 3.18. The Bertz CT molecular complexity index is 831. The summed E-state index contributed by atoms with van der Waals surface area (Å²) in [7, 11) is 0. The van der Waals surface area contributed by atoms with Crippen molar-refractivity contribution in [2.75, 3.05) is 4.90 Å². The quantitative estimate of drug-likeness (QED) is 0.624. The third-order valence-electron chi connectivity index (χ3n) is 4.75. The molecule has 0 amide bonds. The fourth-order valence-corrected chi connectivity index (χ4v) is 4.28. The number of aryl methyl sites for hydroxylation is 4. The highest BCUT2D eigenvalue weighted by Crippen LogP contribution is 2.44. The largest absolute Gasteiger partial charge is 0.319 e. The van der Waals surface area contributed by atoms with E-state index in [-0.39, 0.29) is 6.04 Å². The van der Waals surface area contributed by atoms with Crippen LogP contribution >= 0.6 is 11.6 Å². The average molecular weight is 356 g/mol. The highest BCUT2D eigenvalue weighted by molar-refractivity contribution is 6.31. The zero-order valence-electron chi connectivity index (χ0n) is 15.9. The Hall–Kier alpha value is -1.87. The third-order valence-corrected chi connectivity index (χ3v) is 5.03. The Balaban J connectivity index is 2.28. The first-order chi connectivity index (χ1) is 11.8. The van der Waals surface area contributed by atoms with Crippen LogP contribution < -0.4 is 4.90 Å². The Morgan fingerprint density at radius 2 is 1.72 bits per heavy atom. The molecule has 0 fully saturated rings. The molecule has 0 aliphatic carbocycles. The molecule has 0 saturated carbocycles. The molecule has 0 saturated heterocycles. The second kappa shape index (κ2) is 6.80. The molecule has 2 heterocycles. The van der Waals surface area contributed by atoms with Gasteiger partial charge in [0.05, 0.1) is 11.6 Å². The first-order valence-corrected chi connectivity index (χ1v) is 9.33. The van der Waals surface area contributed by atoms with Crippen LogP contribution in [0.4, 0.5) is 11.5 Å². The van der Waals surface area contributed by atoms with Crippen molar-refractivity contribution in [3.05, 3.63) is 51.4 Å². The number of benzene rings is 1. The van der Waals surface area contributed by atoms with Gasteiger partial charge in [0.2, 0.25) is 0 Å². The highest BCUT2D eigenvalue weighted by atomic mass is 35.5. The normalized spacial score (nSPS) is 16.7. The molecule has 1 unspecified atom stereocenters. The number of anilines is 2. The van der Waals surface area contributed by atoms with E-state index in [1.807, 2.05) is 6.92 Å². The van der Waals surface area contributed by atoms with Gasteiger partial charge in [0, 0.05) is 5.69 Å². The van der Waals surface area contributed by atoms with Gasteiger partial charge in [-0.15, -0.1) is 0 Å². The van der Waals surface area contributed by atoms with Crippen LogP contribution in [0.3, 0.4) is 0 Å². The van der Waals surface area contributed by atoms with Crippen LogP contribution in [0, 0.1) is 27.7 Å². The second-order valence-corrected chi connectivity index (χ2v) is 7.42. The average Bonchev–Trinajstić information content (AvgIpc) is 2.48. The van der Waals surface area contributed by atoms with Crippen molar-refractivity contribution < 1.29 is 0 Å². The summed E-state index contributed by atoms with van der Waals surface area (Å²) in [5, 5.41) is 0.557. The molecule has 3 rings (SSSR count). The molecule has 1 atom stereocenters. The van der Waals surface area contributed by atoms with Gasteiger partial charge < -0.3 is 4.90 Å². The summed E-state index contributed by atoms with van der Waals surface area (Å²) in [5.74, 6) is 1.65. The van der Waals surface area contributed by atoms with E-state index in [4.69, 9.17) is 16.6 Å². The van der Waals surface area contributed by atoms with Gasteiger partial charge in [0.15, 0.2) is 0 Å². The zero-order chi connectivity index (χ0) is 18.3. The predicted molar refractivity (Wildman–Crippen MR) is 107 cm³/mol. The van der Waals surface area contributed by atoms with Gasteiger partial charge in [0.1, 0.15) is 16.8 Å². The number of allylic oxidation sites excluding steroid dienone is 1. The van der Waals surface area contributed by atoms with Crippen molar-refractivity contribution in [3.8, 4) is 0 Å². The molecule has 0 spiro atoms. The molecule has 1 aromatic heterocycles. The van der Waals surface area contributed by atoms with Gasteiger partial charge in [-0.05, 0) is 57.7 Å². The van der Waals surface area contributed by atoms with E-state index in [2.05, 4.69) is 62.7 Å². The second-order valence-electron chi connectivity index (χ2n) is 7.06. The van der Waals surface area contributed by atoms with Crippen molar-refractivity contribution in [3.63, 3.8) is 0 Å². The molecular weight excluding hydrogens is 330 g/mol. The highest BCUT2D eigenvalue weighted by Gasteiger charge is 2.30. The van der Waals surface area contributed by atoms with Crippen molar-refractivity contribution in [2.45, 2.75) is 60.4 Å². The summed E-state index contributed by atoms with van der Waals surface area (Å²) in [6, 6.07) is 4.69. The lowest BCUT2D eigenvalue weighted by molar-refractivity contribution is 0.806. The summed E-state index contributed by atoms with van der Waals surface area (Å²) in [4.78, 5) is 11.5. The minimum Gasteiger partial charge on any atom is -0.319 e. The lowest BCUT2D eigenvalue weighted by Gasteiger charge is -2.37. The van der Waals surface area contributed by atoms with Gasteiger partial charge in [-0.3, -0.25) is 0 Å². The lowest BCUT2D eigenvalue weighted by Crippen LogP contribution is -2.33. The topological polar surface area (TPSA) is 29.0 Å². The van der Waals surface area contributed by atoms with Gasteiger partial charge in [-0.1, -0.05) is 48.7 Å². The molecule has 1 aliphatic rings. The minimum atomic E-state index is 0.222. The van der Waals surface area contributed by atoms with E-state index in [1.165, 1.54) is 28.0 Å². The van der Waals surface area contributed by atoms with E-state index in [0.29, 0.717) is 11.0 Å². The van der Waals surface area contributed by atoms with E-state index in [0.717, 1.165) is 24.2 Å². The van der Waals surface area contributed by atoms with E-state index in [1.54, 1.807) is 0 Å². The molecule has 0 bridgehead atoms. The van der Waals surface area contributed by atoms with Gasteiger partial charge in [-0.2, -0.15) is 0 Å². The fourth-order valence-electron chi connectivity index (χ4n) is 3.96. The van der Waals surface area contributed by atoms with Gasteiger partial charge in [0.25, 0.3) is 0 Å². The van der Waals surface area contributed by atoms with Crippen molar-refractivity contribution in [2.24, 2.45) is 0 Å². The Labute approximate surface area is 155 Å². The first-order valence-electron chi connectivity index (χ1n) is 8.95. The van der Waals surface area contributed by atoms with Gasteiger partial charge in [-0.25, -0.2) is 9.97 Å². The van der Waals surface area contributed by atoms with E-state index < -0.39 is 0 Å². The number of fused-ring (bicyclic) bond motifs is 1. The molecule has 3 nitrogen and oxygen atoms in total. The van der Waals surface area contributed by atoms with Crippen molar-refractivity contribution in [1.29, 1.82) is 0 Å². The summed E-state index contributed by atoms with van der Waals surface area (Å²) >= 11 is 6.56. The number of nitrogens with zero attached hydrogens (tertiary/aromatic N) is 3. The molecule has 132 valence electrons. The number of halogens is 1. The van der Waals surface area contributed by atoms with Gasteiger partial charge >= 0.3 is 0 Å². The zero-order valence-corrected chi connectivity index (χ0v) is 16.7. The maximum absolute atomic E-state index is 6.56. The fraction of sp³-hybridized carbons (Fsp3) is 0.429. The molecule has 1 aliphatic heterocycles. The van der Waals surface area contributed by atoms with Crippen LogP contribution in [0.15, 0.2) is 18.2 Å².